The van der Waals surface area contributed by atoms with Crippen LogP contribution in [0.5, 0.6) is 5.75 Å². The van der Waals surface area contributed by atoms with Crippen LogP contribution in [0.4, 0.5) is 0 Å². The van der Waals surface area contributed by atoms with Crippen LogP contribution in [0.3, 0.4) is 0 Å². The van der Waals surface area contributed by atoms with Gasteiger partial charge >= 0.3 is 0 Å². The minimum absolute atomic E-state index is 0.0861. The van der Waals surface area contributed by atoms with Crippen LogP contribution in [0, 0.1) is 0 Å². The second-order valence-corrected chi connectivity index (χ2v) is 6.17. The van der Waals surface area contributed by atoms with E-state index in [1.165, 1.54) is 11.1 Å². The first-order chi connectivity index (χ1) is 10.2. The van der Waals surface area contributed by atoms with E-state index in [0.29, 0.717) is 12.1 Å². The number of nitrogens with two attached hydrogens (primary N) is 1. The van der Waals surface area contributed by atoms with Crippen molar-refractivity contribution in [1.29, 1.82) is 0 Å². The van der Waals surface area contributed by atoms with E-state index >= 15 is 0 Å². The molecule has 1 heterocycles. The summed E-state index contributed by atoms with van der Waals surface area (Å²) < 4.78 is 10.8. The van der Waals surface area contributed by atoms with Gasteiger partial charge < -0.3 is 15.2 Å². The molecule has 0 radical (unpaired) electrons. The molecule has 1 saturated heterocycles. The van der Waals surface area contributed by atoms with Crippen LogP contribution in [0.15, 0.2) is 18.2 Å². The highest BCUT2D eigenvalue weighted by Crippen LogP contribution is 2.34. The SMILES string of the molecule is COc1ccc2c(c1)C(N)C(N1CCC(OC)CC1)CC2. The van der Waals surface area contributed by atoms with E-state index in [1.54, 1.807) is 7.11 Å². The lowest BCUT2D eigenvalue weighted by Gasteiger charge is -2.42. The molecule has 116 valence electrons. The van der Waals surface area contributed by atoms with Gasteiger partial charge in [-0.2, -0.15) is 0 Å². The largest absolute Gasteiger partial charge is 0.497 e. The lowest BCUT2D eigenvalue weighted by Crippen LogP contribution is -2.49. The number of hydrogen-bond donors (Lipinski definition) is 1. The van der Waals surface area contributed by atoms with Crippen molar-refractivity contribution in [2.45, 2.75) is 43.9 Å². The zero-order valence-corrected chi connectivity index (χ0v) is 13.0. The molecule has 2 N–H and O–H groups in total. The van der Waals surface area contributed by atoms with Crippen molar-refractivity contribution in [2.75, 3.05) is 27.3 Å². The molecule has 0 aromatic heterocycles. The minimum atomic E-state index is 0.0861. The van der Waals surface area contributed by atoms with Crippen LogP contribution in [-0.4, -0.2) is 44.4 Å². The van der Waals surface area contributed by atoms with Gasteiger partial charge in [0.2, 0.25) is 0 Å². The Morgan fingerprint density at radius 3 is 2.57 bits per heavy atom. The highest BCUT2D eigenvalue weighted by atomic mass is 16.5. The normalized spacial score (nSPS) is 27.4. The third kappa shape index (κ3) is 2.93. The molecule has 1 aromatic carbocycles. The van der Waals surface area contributed by atoms with Crippen LogP contribution >= 0.6 is 0 Å². The number of piperidine rings is 1. The topological polar surface area (TPSA) is 47.7 Å². The average Bonchev–Trinajstić information content (AvgIpc) is 2.55. The number of hydrogen-bond acceptors (Lipinski definition) is 4. The van der Waals surface area contributed by atoms with Crippen molar-refractivity contribution in [3.8, 4) is 5.75 Å². The fraction of sp³-hybridized carbons (Fsp3) is 0.647. The van der Waals surface area contributed by atoms with Gasteiger partial charge in [-0.15, -0.1) is 0 Å². The summed E-state index contributed by atoms with van der Waals surface area (Å²) in [6, 6.07) is 6.86. The molecule has 0 saturated carbocycles. The molecule has 4 heteroatoms. The van der Waals surface area contributed by atoms with E-state index in [9.17, 15) is 0 Å². The van der Waals surface area contributed by atoms with E-state index in [0.717, 1.165) is 44.5 Å². The zero-order chi connectivity index (χ0) is 14.8. The predicted molar refractivity (Wildman–Crippen MR) is 83.6 cm³/mol. The van der Waals surface area contributed by atoms with Gasteiger partial charge in [-0.3, -0.25) is 4.90 Å². The number of likely N-dealkylation sites (tertiary alicyclic amines) is 1. The highest BCUT2D eigenvalue weighted by molar-refractivity contribution is 5.40. The van der Waals surface area contributed by atoms with Gasteiger partial charge in [0.05, 0.1) is 13.2 Å². The summed E-state index contributed by atoms with van der Waals surface area (Å²) in [5.74, 6) is 0.906. The molecule has 2 aliphatic rings. The molecule has 1 aliphatic carbocycles. The molecule has 4 nitrogen and oxygen atoms in total. The maximum Gasteiger partial charge on any atom is 0.119 e. The van der Waals surface area contributed by atoms with Gasteiger partial charge in [-0.05, 0) is 48.9 Å². The van der Waals surface area contributed by atoms with Crippen LogP contribution < -0.4 is 10.5 Å². The van der Waals surface area contributed by atoms with Gasteiger partial charge in [-0.25, -0.2) is 0 Å². The van der Waals surface area contributed by atoms with Crippen molar-refractivity contribution in [3.05, 3.63) is 29.3 Å². The number of benzene rings is 1. The first-order valence-electron chi connectivity index (χ1n) is 7.92. The summed E-state index contributed by atoms with van der Waals surface area (Å²) in [5.41, 5.74) is 9.23. The molecule has 21 heavy (non-hydrogen) atoms. The first kappa shape index (κ1) is 14.8. The van der Waals surface area contributed by atoms with Crippen molar-refractivity contribution in [1.82, 2.24) is 4.90 Å². The molecule has 1 fully saturated rings. The van der Waals surface area contributed by atoms with Crippen LogP contribution in [0.2, 0.25) is 0 Å². The van der Waals surface area contributed by atoms with Crippen molar-refractivity contribution in [3.63, 3.8) is 0 Å². The van der Waals surface area contributed by atoms with Crippen LogP contribution in [0.1, 0.15) is 36.4 Å². The highest BCUT2D eigenvalue weighted by Gasteiger charge is 2.33. The molecule has 2 unspecified atom stereocenters. The molecule has 3 rings (SSSR count). The van der Waals surface area contributed by atoms with Gasteiger partial charge in [0.1, 0.15) is 5.75 Å². The lowest BCUT2D eigenvalue weighted by atomic mass is 9.83. The molecule has 2 atom stereocenters. The molecule has 1 aromatic rings. The Morgan fingerprint density at radius 2 is 1.90 bits per heavy atom. The average molecular weight is 290 g/mol. The maximum atomic E-state index is 6.58. The Bertz CT molecular complexity index is 484. The van der Waals surface area contributed by atoms with Gasteiger partial charge in [0, 0.05) is 32.3 Å². The Balaban J connectivity index is 1.74. The van der Waals surface area contributed by atoms with E-state index < -0.39 is 0 Å². The Kier molecular flexibility index (Phi) is 4.48. The maximum absolute atomic E-state index is 6.58. The predicted octanol–water partition coefficient (Wildman–Crippen LogP) is 2.12. The summed E-state index contributed by atoms with van der Waals surface area (Å²) in [6.45, 7) is 2.19. The van der Waals surface area contributed by atoms with E-state index in [2.05, 4.69) is 17.0 Å². The molecular weight excluding hydrogens is 264 g/mol. The van der Waals surface area contributed by atoms with Crippen molar-refractivity contribution in [2.24, 2.45) is 5.73 Å². The third-order valence-corrected chi connectivity index (χ3v) is 5.12. The second-order valence-electron chi connectivity index (χ2n) is 6.17. The second kappa shape index (κ2) is 6.34. The summed E-state index contributed by atoms with van der Waals surface area (Å²) in [6.07, 6.45) is 4.92. The fourth-order valence-electron chi connectivity index (χ4n) is 3.78. The smallest absolute Gasteiger partial charge is 0.119 e. The monoisotopic (exact) mass is 290 g/mol. The van der Waals surface area contributed by atoms with Crippen molar-refractivity contribution < 1.29 is 9.47 Å². The van der Waals surface area contributed by atoms with E-state index in [4.69, 9.17) is 15.2 Å². The molecule has 0 bridgehead atoms. The van der Waals surface area contributed by atoms with Gasteiger partial charge in [0.15, 0.2) is 0 Å². The van der Waals surface area contributed by atoms with Crippen molar-refractivity contribution >= 4 is 0 Å². The summed E-state index contributed by atoms with van der Waals surface area (Å²) >= 11 is 0. The Morgan fingerprint density at radius 1 is 1.14 bits per heavy atom. The third-order valence-electron chi connectivity index (χ3n) is 5.12. The lowest BCUT2D eigenvalue weighted by molar-refractivity contribution is 0.0200. The molecule has 1 aliphatic heterocycles. The van der Waals surface area contributed by atoms with Gasteiger partial charge in [-0.1, -0.05) is 6.07 Å². The number of fused-ring (bicyclic) bond motifs is 1. The zero-order valence-electron chi connectivity index (χ0n) is 13.0. The van der Waals surface area contributed by atoms with E-state index in [1.807, 2.05) is 13.2 Å². The number of ether oxygens (including phenoxy) is 2. The quantitative estimate of drug-likeness (QED) is 0.926. The number of nitrogens with zero attached hydrogens (tertiary/aromatic N) is 1. The summed E-state index contributed by atoms with van der Waals surface area (Å²) in [4.78, 5) is 2.56. The number of methoxy groups -OCH3 is 2. The molecule has 0 spiro atoms. The number of aryl methyl sites for hydroxylation is 1. The molecular formula is C17H26N2O2. The van der Waals surface area contributed by atoms with Crippen LogP contribution in [-0.2, 0) is 11.2 Å². The minimum Gasteiger partial charge on any atom is -0.497 e. The Hall–Kier alpha value is -1.10. The first-order valence-corrected chi connectivity index (χ1v) is 7.92. The summed E-state index contributed by atoms with van der Waals surface area (Å²) in [7, 11) is 3.53. The summed E-state index contributed by atoms with van der Waals surface area (Å²) in [5, 5.41) is 0. The standard InChI is InChI=1S/C17H26N2O2/c1-20-13-7-9-19(10-8-13)16-6-4-12-3-5-14(21-2)11-15(12)17(16)18/h3,5,11,13,16-17H,4,6-10,18H2,1-2H3. The van der Waals surface area contributed by atoms with E-state index in [-0.39, 0.29) is 6.04 Å². The number of rotatable bonds is 3. The van der Waals surface area contributed by atoms with Gasteiger partial charge in [0.25, 0.3) is 0 Å². The van der Waals surface area contributed by atoms with Crippen LogP contribution in [0.25, 0.3) is 0 Å². The fourth-order valence-corrected chi connectivity index (χ4v) is 3.78. The Labute approximate surface area is 127 Å². The molecule has 0 amide bonds.